The van der Waals surface area contributed by atoms with Gasteiger partial charge in [-0.2, -0.15) is 0 Å². The first-order valence-corrected chi connectivity index (χ1v) is 4.91. The molecule has 1 rings (SSSR count). The van der Waals surface area contributed by atoms with Crippen LogP contribution in [0.3, 0.4) is 0 Å². The van der Waals surface area contributed by atoms with Crippen molar-refractivity contribution in [2.45, 2.75) is 33.4 Å². The van der Waals surface area contributed by atoms with Gasteiger partial charge in [0.1, 0.15) is 5.82 Å². The van der Waals surface area contributed by atoms with Crippen LogP contribution in [0.25, 0.3) is 0 Å². The predicted octanol–water partition coefficient (Wildman–Crippen LogP) is 0.993. The van der Waals surface area contributed by atoms with Gasteiger partial charge in [0.15, 0.2) is 0 Å². The highest BCUT2D eigenvalue weighted by Crippen LogP contribution is 1.93. The maximum atomic E-state index is 11.2. The van der Waals surface area contributed by atoms with E-state index in [4.69, 9.17) is 0 Å². The number of nitrogens with one attached hydrogen (secondary N) is 2. The van der Waals surface area contributed by atoms with Crippen molar-refractivity contribution in [1.82, 2.24) is 20.6 Å². The summed E-state index contributed by atoms with van der Waals surface area (Å²) in [5.74, 6) is 0.707. The Kier molecular flexibility index (Phi) is 4.03. The van der Waals surface area contributed by atoms with Crippen LogP contribution in [0.4, 0.5) is 4.79 Å². The van der Waals surface area contributed by atoms with Crippen LogP contribution in [0, 0.1) is 6.92 Å². The number of hydrogen-bond acceptors (Lipinski definition) is 3. The van der Waals surface area contributed by atoms with E-state index >= 15 is 0 Å². The van der Waals surface area contributed by atoms with Gasteiger partial charge in [0.2, 0.25) is 0 Å². The summed E-state index contributed by atoms with van der Waals surface area (Å²) in [6.45, 7) is 6.06. The molecule has 82 valence electrons. The molecule has 15 heavy (non-hydrogen) atoms. The molecule has 0 aliphatic rings. The van der Waals surface area contributed by atoms with Crippen molar-refractivity contribution in [3.63, 3.8) is 0 Å². The van der Waals surface area contributed by atoms with Crippen LogP contribution in [0.1, 0.15) is 25.4 Å². The topological polar surface area (TPSA) is 66.9 Å². The second-order valence-corrected chi connectivity index (χ2v) is 3.58. The van der Waals surface area contributed by atoms with Crippen molar-refractivity contribution >= 4 is 6.03 Å². The van der Waals surface area contributed by atoms with E-state index in [2.05, 4.69) is 20.6 Å². The van der Waals surface area contributed by atoms with E-state index in [1.54, 1.807) is 12.3 Å². The van der Waals surface area contributed by atoms with Crippen LogP contribution in [-0.2, 0) is 6.54 Å². The molecule has 0 fully saturated rings. The average molecular weight is 208 g/mol. The highest BCUT2D eigenvalue weighted by Gasteiger charge is 2.02. The first kappa shape index (κ1) is 11.4. The van der Waals surface area contributed by atoms with Crippen molar-refractivity contribution in [2.75, 3.05) is 0 Å². The summed E-state index contributed by atoms with van der Waals surface area (Å²) in [5, 5.41) is 5.45. The highest BCUT2D eigenvalue weighted by atomic mass is 16.2. The highest BCUT2D eigenvalue weighted by molar-refractivity contribution is 5.73. The van der Waals surface area contributed by atoms with E-state index in [1.165, 1.54) is 0 Å². The Labute approximate surface area is 89.3 Å². The van der Waals surface area contributed by atoms with Crippen LogP contribution >= 0.6 is 0 Å². The molecule has 0 spiro atoms. The monoisotopic (exact) mass is 208 g/mol. The molecular weight excluding hydrogens is 192 g/mol. The molecule has 0 atom stereocenters. The van der Waals surface area contributed by atoms with Gasteiger partial charge in [0.25, 0.3) is 0 Å². The van der Waals surface area contributed by atoms with Gasteiger partial charge in [0.05, 0.1) is 12.2 Å². The van der Waals surface area contributed by atoms with Crippen molar-refractivity contribution in [1.29, 1.82) is 0 Å². The summed E-state index contributed by atoms with van der Waals surface area (Å²) < 4.78 is 0. The van der Waals surface area contributed by atoms with Crippen molar-refractivity contribution < 1.29 is 4.79 Å². The molecule has 0 bridgehead atoms. The third-order valence-electron chi connectivity index (χ3n) is 1.68. The van der Waals surface area contributed by atoms with Gasteiger partial charge in [-0.15, -0.1) is 0 Å². The maximum absolute atomic E-state index is 11.2. The molecule has 1 heterocycles. The van der Waals surface area contributed by atoms with E-state index in [0.717, 1.165) is 5.69 Å². The fourth-order valence-corrected chi connectivity index (χ4v) is 1.09. The molecule has 0 saturated carbocycles. The Hall–Kier alpha value is -1.65. The summed E-state index contributed by atoms with van der Waals surface area (Å²) in [7, 11) is 0. The second-order valence-electron chi connectivity index (χ2n) is 3.58. The summed E-state index contributed by atoms with van der Waals surface area (Å²) in [4.78, 5) is 19.4. The Morgan fingerprint density at radius 3 is 2.87 bits per heavy atom. The van der Waals surface area contributed by atoms with Crippen LogP contribution in [0.5, 0.6) is 0 Å². The number of hydrogen-bond donors (Lipinski definition) is 2. The van der Waals surface area contributed by atoms with Crippen molar-refractivity contribution in [2.24, 2.45) is 0 Å². The molecule has 0 aromatic carbocycles. The Bertz CT molecular complexity index is 338. The van der Waals surface area contributed by atoms with E-state index in [-0.39, 0.29) is 12.1 Å². The third-order valence-corrected chi connectivity index (χ3v) is 1.68. The summed E-state index contributed by atoms with van der Waals surface area (Å²) in [5.41, 5.74) is 0.807. The standard InChI is InChI=1S/C10H16N4O/c1-7(2)13-10(15)12-6-9-4-5-11-8(3)14-9/h4-5,7H,6H2,1-3H3,(H2,12,13,15). The van der Waals surface area contributed by atoms with Crippen LogP contribution in [-0.4, -0.2) is 22.0 Å². The van der Waals surface area contributed by atoms with Crippen LogP contribution < -0.4 is 10.6 Å². The number of carbonyl (C=O) groups is 1. The summed E-state index contributed by atoms with van der Waals surface area (Å²) in [6, 6.07) is 1.74. The molecule has 1 aromatic rings. The Morgan fingerprint density at radius 1 is 1.53 bits per heavy atom. The zero-order valence-corrected chi connectivity index (χ0v) is 9.24. The van der Waals surface area contributed by atoms with Gasteiger partial charge in [0, 0.05) is 12.2 Å². The minimum atomic E-state index is -0.179. The molecule has 1 aromatic heterocycles. The molecule has 0 unspecified atom stereocenters. The number of nitrogens with zero attached hydrogens (tertiary/aromatic N) is 2. The van der Waals surface area contributed by atoms with Gasteiger partial charge < -0.3 is 10.6 Å². The van der Waals surface area contributed by atoms with Gasteiger partial charge in [-0.1, -0.05) is 0 Å². The van der Waals surface area contributed by atoms with E-state index in [9.17, 15) is 4.79 Å². The van der Waals surface area contributed by atoms with E-state index < -0.39 is 0 Å². The van der Waals surface area contributed by atoms with Gasteiger partial charge in [-0.3, -0.25) is 0 Å². The van der Waals surface area contributed by atoms with Crippen LogP contribution in [0.2, 0.25) is 0 Å². The summed E-state index contributed by atoms with van der Waals surface area (Å²) >= 11 is 0. The second kappa shape index (κ2) is 5.29. The lowest BCUT2D eigenvalue weighted by molar-refractivity contribution is 0.238. The first-order chi connectivity index (χ1) is 7.08. The molecule has 0 saturated heterocycles. The lowest BCUT2D eigenvalue weighted by Gasteiger charge is -2.09. The third kappa shape index (κ3) is 4.39. The number of aromatic nitrogens is 2. The molecule has 0 aliphatic heterocycles. The van der Waals surface area contributed by atoms with Crippen LogP contribution in [0.15, 0.2) is 12.3 Å². The molecule has 5 nitrogen and oxygen atoms in total. The maximum Gasteiger partial charge on any atom is 0.315 e. The average Bonchev–Trinajstić information content (AvgIpc) is 2.14. The molecule has 0 radical (unpaired) electrons. The Morgan fingerprint density at radius 2 is 2.27 bits per heavy atom. The number of amides is 2. The SMILES string of the molecule is Cc1nccc(CNC(=O)NC(C)C)n1. The number of urea groups is 1. The fourth-order valence-electron chi connectivity index (χ4n) is 1.09. The minimum Gasteiger partial charge on any atom is -0.336 e. The normalized spacial score (nSPS) is 10.1. The fraction of sp³-hybridized carbons (Fsp3) is 0.500. The zero-order chi connectivity index (χ0) is 11.3. The number of rotatable bonds is 3. The zero-order valence-electron chi connectivity index (χ0n) is 9.24. The molecule has 5 heteroatoms. The number of aryl methyl sites for hydroxylation is 1. The lowest BCUT2D eigenvalue weighted by Crippen LogP contribution is -2.39. The largest absolute Gasteiger partial charge is 0.336 e. The molecular formula is C10H16N4O. The summed E-state index contributed by atoms with van der Waals surface area (Å²) in [6.07, 6.45) is 1.68. The van der Waals surface area contributed by atoms with Crippen molar-refractivity contribution in [3.05, 3.63) is 23.8 Å². The smallest absolute Gasteiger partial charge is 0.315 e. The first-order valence-electron chi connectivity index (χ1n) is 4.91. The molecule has 2 N–H and O–H groups in total. The molecule has 2 amide bonds. The lowest BCUT2D eigenvalue weighted by atomic mass is 10.4. The Balaban J connectivity index is 2.40. The predicted molar refractivity (Wildman–Crippen MR) is 57.3 cm³/mol. The van der Waals surface area contributed by atoms with Gasteiger partial charge in [-0.05, 0) is 26.8 Å². The van der Waals surface area contributed by atoms with Crippen molar-refractivity contribution in [3.8, 4) is 0 Å². The van der Waals surface area contributed by atoms with Gasteiger partial charge in [-0.25, -0.2) is 14.8 Å². The number of carbonyl (C=O) groups excluding carboxylic acids is 1. The minimum absolute atomic E-state index is 0.136. The van der Waals surface area contributed by atoms with Gasteiger partial charge >= 0.3 is 6.03 Å². The van der Waals surface area contributed by atoms with E-state index in [1.807, 2.05) is 20.8 Å². The quantitative estimate of drug-likeness (QED) is 0.778. The van der Waals surface area contributed by atoms with E-state index in [0.29, 0.717) is 12.4 Å². The molecule has 0 aliphatic carbocycles.